The maximum absolute atomic E-state index is 14.1. The summed E-state index contributed by atoms with van der Waals surface area (Å²) in [4.78, 5) is 33.1. The number of carbonyl (C=O) groups excluding carboxylic acids is 1. The topological polar surface area (TPSA) is 70.1 Å². The molecule has 8 aliphatic rings. The molecular formula is C37H56N2O4. The van der Waals surface area contributed by atoms with Crippen LogP contribution in [0.3, 0.4) is 0 Å². The van der Waals surface area contributed by atoms with Gasteiger partial charge in [-0.2, -0.15) is 0 Å². The molecule has 0 amide bonds. The lowest BCUT2D eigenvalue weighted by molar-refractivity contribution is -0.197. The van der Waals surface area contributed by atoms with Crippen LogP contribution in [0.15, 0.2) is 11.6 Å². The van der Waals surface area contributed by atoms with Gasteiger partial charge in [-0.05, 0) is 86.5 Å². The van der Waals surface area contributed by atoms with Crippen molar-refractivity contribution in [1.82, 2.24) is 9.80 Å². The van der Waals surface area contributed by atoms with E-state index < -0.39 is 22.2 Å². The molecule has 0 aromatic rings. The number of fused-ring (bicyclic) bond motifs is 3. The summed E-state index contributed by atoms with van der Waals surface area (Å²) in [6.45, 7) is 12.4. The summed E-state index contributed by atoms with van der Waals surface area (Å²) in [6, 6.07) is 0.698. The molecule has 0 spiro atoms. The molecule has 8 rings (SSSR count). The first-order valence-corrected chi connectivity index (χ1v) is 18.3. The Hall–Kier alpha value is -1.24. The van der Waals surface area contributed by atoms with E-state index in [9.17, 15) is 14.7 Å². The highest BCUT2D eigenvalue weighted by atomic mass is 16.5. The monoisotopic (exact) mass is 592 g/mol. The van der Waals surface area contributed by atoms with E-state index >= 15 is 0 Å². The van der Waals surface area contributed by atoms with Crippen molar-refractivity contribution in [1.29, 1.82) is 0 Å². The van der Waals surface area contributed by atoms with E-state index in [2.05, 4.69) is 36.6 Å². The average molecular weight is 593 g/mol. The van der Waals surface area contributed by atoms with Gasteiger partial charge in [0.05, 0.1) is 17.6 Å². The van der Waals surface area contributed by atoms with Gasteiger partial charge in [0.15, 0.2) is 0 Å². The third-order valence-electron chi connectivity index (χ3n) is 15.2. The number of carbonyl (C=O) groups is 2. The number of aliphatic carboxylic acids is 1. The molecule has 7 fully saturated rings. The van der Waals surface area contributed by atoms with Crippen LogP contribution in [0.2, 0.25) is 0 Å². The zero-order valence-electron chi connectivity index (χ0n) is 27.0. The lowest BCUT2D eigenvalue weighted by Crippen LogP contribution is -2.65. The zero-order chi connectivity index (χ0) is 29.7. The fourth-order valence-corrected chi connectivity index (χ4v) is 13.7. The van der Waals surface area contributed by atoms with Crippen molar-refractivity contribution in [2.24, 2.45) is 57.7 Å². The highest BCUT2D eigenvalue weighted by molar-refractivity contribution is 5.90. The van der Waals surface area contributed by atoms with Crippen LogP contribution in [0, 0.1) is 57.7 Å². The van der Waals surface area contributed by atoms with Crippen molar-refractivity contribution in [3.8, 4) is 0 Å². The first-order chi connectivity index (χ1) is 20.8. The minimum Gasteiger partial charge on any atom is -0.481 e. The van der Waals surface area contributed by atoms with Gasteiger partial charge in [-0.3, -0.25) is 14.6 Å². The van der Waals surface area contributed by atoms with E-state index in [-0.39, 0.29) is 30.0 Å². The second kappa shape index (κ2) is 10.4. The maximum Gasteiger partial charge on any atom is 0.315 e. The molecule has 6 heteroatoms. The van der Waals surface area contributed by atoms with Crippen LogP contribution in [0.1, 0.15) is 97.8 Å². The molecule has 11 atom stereocenters. The Balaban J connectivity index is 1.19. The largest absolute Gasteiger partial charge is 0.481 e. The third-order valence-corrected chi connectivity index (χ3v) is 15.2. The number of nitrogens with zero attached hydrogens (tertiary/aromatic N) is 2. The van der Waals surface area contributed by atoms with E-state index in [1.165, 1.54) is 64.3 Å². The number of rotatable bonds is 7. The van der Waals surface area contributed by atoms with E-state index in [0.717, 1.165) is 57.3 Å². The molecule has 4 unspecified atom stereocenters. The van der Waals surface area contributed by atoms with Crippen LogP contribution < -0.4 is 0 Å². The Labute approximate surface area is 259 Å². The highest BCUT2D eigenvalue weighted by Gasteiger charge is 2.86. The number of piperazine rings is 1. The van der Waals surface area contributed by atoms with Gasteiger partial charge in [0.1, 0.15) is 11.7 Å². The van der Waals surface area contributed by atoms with Crippen LogP contribution in [0.4, 0.5) is 0 Å². The summed E-state index contributed by atoms with van der Waals surface area (Å²) in [5, 5.41) is 11.6. The second-order valence-electron chi connectivity index (χ2n) is 16.9. The minimum atomic E-state index is -1.13. The average Bonchev–Trinajstić information content (AvgIpc) is 3.81. The number of carboxylic acids is 1. The Kier molecular flexibility index (Phi) is 7.05. The van der Waals surface area contributed by atoms with E-state index in [1.54, 1.807) is 0 Å². The van der Waals surface area contributed by atoms with E-state index in [0.29, 0.717) is 29.7 Å². The predicted molar refractivity (Wildman–Crippen MR) is 166 cm³/mol. The summed E-state index contributed by atoms with van der Waals surface area (Å²) in [7, 11) is 0. The molecule has 5 aliphatic carbocycles. The van der Waals surface area contributed by atoms with Gasteiger partial charge < -0.3 is 14.6 Å². The molecule has 3 aliphatic heterocycles. The lowest BCUT2D eigenvalue weighted by Gasteiger charge is -2.60. The molecular weight excluding hydrogens is 536 g/mol. The SMILES string of the molecule is CC(C)C1=CC2CC3(C=O)[C@@H]4CC[C@@H](C)[C@H]4CC2([C@H]2C[C@@H](C4CCCCC4)[C@H](CN4CCN5CCCC5C4)O2)[C@]13C(=O)O. The first kappa shape index (κ1) is 29.2. The van der Waals surface area contributed by atoms with Gasteiger partial charge in [-0.1, -0.05) is 70.9 Å². The Bertz CT molecular complexity index is 1160. The number of hydrogen-bond donors (Lipinski definition) is 1. The molecule has 0 radical (unpaired) electrons. The number of allylic oxidation sites excluding steroid dienone is 1. The molecule has 43 heavy (non-hydrogen) atoms. The van der Waals surface area contributed by atoms with Crippen molar-refractivity contribution in [3.05, 3.63) is 11.6 Å². The fraction of sp³-hybridized carbons (Fsp3) is 0.892. The Morgan fingerprint density at radius 2 is 1.86 bits per heavy atom. The van der Waals surface area contributed by atoms with Crippen molar-refractivity contribution in [2.75, 3.05) is 32.7 Å². The zero-order valence-corrected chi connectivity index (χ0v) is 27.0. The summed E-state index contributed by atoms with van der Waals surface area (Å²) in [5.41, 5.74) is -1.38. The smallest absolute Gasteiger partial charge is 0.315 e. The molecule has 238 valence electrons. The number of hydrogen-bond acceptors (Lipinski definition) is 5. The molecule has 0 aromatic carbocycles. The highest BCUT2D eigenvalue weighted by Crippen LogP contribution is 2.84. The number of ether oxygens (including phenoxy) is 1. The van der Waals surface area contributed by atoms with Crippen LogP contribution in [-0.2, 0) is 14.3 Å². The standard InChI is InChI=1S/C37H56N2O4/c1-23(2)31-16-26-18-35(22-40)30-12-11-24(3)29(30)19-36(26,37(31,35)34(41)42)33-17-28(25-8-5-4-6-9-25)32(43-33)21-38-14-15-39-13-7-10-27(39)20-38/h16,22-30,32-33H,4-15,17-21H2,1-3H3,(H,41,42)/t24-,26?,27?,28+,29-,30-,32+,33-,35?,36?,37+/m1/s1. The molecule has 1 N–H and O–H groups in total. The third kappa shape index (κ3) is 3.75. The second-order valence-corrected chi connectivity index (χ2v) is 16.9. The van der Waals surface area contributed by atoms with Gasteiger partial charge in [0.25, 0.3) is 0 Å². The minimum absolute atomic E-state index is 0.0821. The van der Waals surface area contributed by atoms with Crippen molar-refractivity contribution in [3.63, 3.8) is 0 Å². The molecule has 6 nitrogen and oxygen atoms in total. The Morgan fingerprint density at radius 3 is 2.60 bits per heavy atom. The van der Waals surface area contributed by atoms with Crippen LogP contribution in [-0.4, -0.2) is 78.1 Å². The molecule has 4 saturated carbocycles. The molecule has 3 saturated heterocycles. The number of aldehydes is 1. The van der Waals surface area contributed by atoms with Crippen LogP contribution in [0.25, 0.3) is 0 Å². The van der Waals surface area contributed by atoms with Gasteiger partial charge in [0, 0.05) is 37.6 Å². The van der Waals surface area contributed by atoms with Crippen molar-refractivity contribution >= 4 is 12.3 Å². The van der Waals surface area contributed by atoms with Gasteiger partial charge >= 0.3 is 5.97 Å². The van der Waals surface area contributed by atoms with Crippen molar-refractivity contribution in [2.45, 2.75) is 116 Å². The Morgan fingerprint density at radius 1 is 1.05 bits per heavy atom. The quantitative estimate of drug-likeness (QED) is 0.287. The first-order valence-electron chi connectivity index (χ1n) is 18.3. The van der Waals surface area contributed by atoms with Crippen molar-refractivity contribution < 1.29 is 19.4 Å². The van der Waals surface area contributed by atoms with Crippen LogP contribution >= 0.6 is 0 Å². The summed E-state index contributed by atoms with van der Waals surface area (Å²) in [5.74, 6) is 1.85. The summed E-state index contributed by atoms with van der Waals surface area (Å²) >= 11 is 0. The molecule has 0 aromatic heterocycles. The van der Waals surface area contributed by atoms with E-state index in [1.807, 2.05) is 0 Å². The molecule has 4 bridgehead atoms. The molecule has 3 heterocycles. The van der Waals surface area contributed by atoms with E-state index in [4.69, 9.17) is 4.74 Å². The number of carboxylic acid groups (broad SMARTS) is 1. The maximum atomic E-state index is 14.1. The van der Waals surface area contributed by atoms with Gasteiger partial charge in [0.2, 0.25) is 0 Å². The van der Waals surface area contributed by atoms with Crippen LogP contribution in [0.5, 0.6) is 0 Å². The lowest BCUT2D eigenvalue weighted by atomic mass is 9.41. The fourth-order valence-electron chi connectivity index (χ4n) is 13.7. The summed E-state index contributed by atoms with van der Waals surface area (Å²) in [6.07, 6.45) is 17.6. The predicted octanol–water partition coefficient (Wildman–Crippen LogP) is 6.05. The van der Waals surface area contributed by atoms with Gasteiger partial charge in [-0.25, -0.2) is 0 Å². The summed E-state index contributed by atoms with van der Waals surface area (Å²) < 4.78 is 7.49. The normalized spacial score (nSPS) is 49.8. The van der Waals surface area contributed by atoms with Gasteiger partial charge in [-0.15, -0.1) is 0 Å².